The van der Waals surface area contributed by atoms with Crippen molar-refractivity contribution in [1.82, 2.24) is 19.8 Å². The molecule has 1 unspecified atom stereocenters. The van der Waals surface area contributed by atoms with Crippen LogP contribution in [0.3, 0.4) is 0 Å². The average Bonchev–Trinajstić information content (AvgIpc) is 2.85. The highest BCUT2D eigenvalue weighted by Crippen LogP contribution is 2.24. The number of amides is 2. The molecule has 3 rings (SSSR count). The van der Waals surface area contributed by atoms with Crippen LogP contribution in [0.25, 0.3) is 0 Å². The molecule has 0 saturated carbocycles. The van der Waals surface area contributed by atoms with E-state index in [2.05, 4.69) is 10.6 Å². The number of benzene rings is 2. The van der Waals surface area contributed by atoms with E-state index in [0.717, 1.165) is 5.56 Å². The fraction of sp³-hybridized carbons (Fsp3) is 0.375. The number of nitrogens with zero attached hydrogens (tertiary/aromatic N) is 2. The van der Waals surface area contributed by atoms with Gasteiger partial charge < -0.3 is 25.4 Å². The number of carboxylic acids is 1. The first-order chi connectivity index (χ1) is 17.0. The van der Waals surface area contributed by atoms with Crippen LogP contribution in [0.1, 0.15) is 11.1 Å². The number of carbonyl (C=O) groups is 3. The lowest BCUT2D eigenvalue weighted by molar-refractivity contribution is -0.146. The van der Waals surface area contributed by atoms with Crippen LogP contribution in [-0.4, -0.2) is 86.5 Å². The number of nitrogens with one attached hydrogen (secondary N) is 2. The number of ether oxygens (including phenoxy) is 1. The Hall–Kier alpha value is -3.48. The summed E-state index contributed by atoms with van der Waals surface area (Å²) in [5, 5.41) is 16.1. The first kappa shape index (κ1) is 27.1. The van der Waals surface area contributed by atoms with Crippen molar-refractivity contribution in [3.63, 3.8) is 0 Å². The molecular weight excluding hydrogens is 488 g/mol. The molecule has 2 atom stereocenters. The van der Waals surface area contributed by atoms with E-state index in [0.29, 0.717) is 23.0 Å². The molecule has 1 fully saturated rings. The maximum atomic E-state index is 13.6. The smallest absolute Gasteiger partial charge is 0.414 e. The van der Waals surface area contributed by atoms with Gasteiger partial charge >= 0.3 is 12.1 Å². The van der Waals surface area contributed by atoms with Crippen molar-refractivity contribution >= 4 is 28.0 Å². The first-order valence-electron chi connectivity index (χ1n) is 11.3. The zero-order valence-electron chi connectivity index (χ0n) is 20.3. The lowest BCUT2D eigenvalue weighted by atomic mass is 10.0. The van der Waals surface area contributed by atoms with E-state index in [1.165, 1.54) is 55.4 Å². The van der Waals surface area contributed by atoms with E-state index in [-0.39, 0.29) is 23.6 Å². The molecule has 194 valence electrons. The number of hydrogen-bond donors (Lipinski definition) is 3. The summed E-state index contributed by atoms with van der Waals surface area (Å²) in [5.74, 6) is -2.08. The molecule has 0 aliphatic carbocycles. The standard InChI is InChI=1S/C24H30N4O7S/c1-16-4-10-19(11-5-16)36(33,34)28(22(29)20-15-25-12-13-26-20)21(23(30)31)14-17-6-8-18(9-7-17)35-24(32)27(2)3/h4-11,20-21,25-26H,12-15H2,1-3H3,(H,30,31)/t20?,21-/m0/s1. The predicted octanol–water partition coefficient (Wildman–Crippen LogP) is 0.830. The van der Waals surface area contributed by atoms with Gasteiger partial charge in [-0.05, 0) is 36.8 Å². The molecule has 2 amide bonds. The minimum atomic E-state index is -4.50. The normalized spacial score (nSPS) is 16.6. The highest BCUT2D eigenvalue weighted by molar-refractivity contribution is 7.89. The number of aryl methyl sites for hydroxylation is 1. The molecule has 12 heteroatoms. The van der Waals surface area contributed by atoms with Crippen LogP contribution >= 0.6 is 0 Å². The number of piperazine rings is 1. The fourth-order valence-electron chi connectivity index (χ4n) is 3.62. The van der Waals surface area contributed by atoms with Crippen molar-refractivity contribution < 1.29 is 32.6 Å². The Bertz CT molecular complexity index is 1190. The van der Waals surface area contributed by atoms with Crippen LogP contribution in [0.4, 0.5) is 4.79 Å². The Morgan fingerprint density at radius 1 is 1.06 bits per heavy atom. The van der Waals surface area contributed by atoms with Crippen molar-refractivity contribution in [3.8, 4) is 5.75 Å². The molecule has 0 spiro atoms. The molecule has 0 aromatic heterocycles. The third kappa shape index (κ3) is 6.39. The predicted molar refractivity (Wildman–Crippen MR) is 131 cm³/mol. The fourth-order valence-corrected chi connectivity index (χ4v) is 5.20. The van der Waals surface area contributed by atoms with Crippen molar-refractivity contribution in [2.24, 2.45) is 0 Å². The number of rotatable bonds is 8. The lowest BCUT2D eigenvalue weighted by Crippen LogP contribution is -2.60. The maximum Gasteiger partial charge on any atom is 0.414 e. The molecule has 1 heterocycles. The topological polar surface area (TPSA) is 145 Å². The van der Waals surface area contributed by atoms with Crippen molar-refractivity contribution in [2.75, 3.05) is 33.7 Å². The number of hydrogen-bond acceptors (Lipinski definition) is 8. The zero-order chi connectivity index (χ0) is 26.5. The number of carboxylic acid groups (broad SMARTS) is 1. The molecule has 1 saturated heterocycles. The summed E-state index contributed by atoms with van der Waals surface area (Å²) < 4.78 is 32.9. The van der Waals surface area contributed by atoms with Gasteiger partial charge in [0.1, 0.15) is 17.8 Å². The quantitative estimate of drug-likeness (QED) is 0.463. The Morgan fingerprint density at radius 3 is 2.22 bits per heavy atom. The van der Waals surface area contributed by atoms with E-state index < -0.39 is 40.1 Å². The molecule has 36 heavy (non-hydrogen) atoms. The van der Waals surface area contributed by atoms with Gasteiger partial charge in [0.15, 0.2) is 0 Å². The molecule has 3 N–H and O–H groups in total. The Labute approximate surface area is 210 Å². The number of carbonyl (C=O) groups excluding carboxylic acids is 2. The van der Waals surface area contributed by atoms with Gasteiger partial charge in [-0.25, -0.2) is 22.3 Å². The number of sulfonamides is 1. The van der Waals surface area contributed by atoms with Gasteiger partial charge in [0.25, 0.3) is 15.9 Å². The highest BCUT2D eigenvalue weighted by Gasteiger charge is 2.42. The second-order valence-corrected chi connectivity index (χ2v) is 10.4. The Kier molecular flexibility index (Phi) is 8.66. The second kappa shape index (κ2) is 11.5. The summed E-state index contributed by atoms with van der Waals surface area (Å²) >= 11 is 0. The summed E-state index contributed by atoms with van der Waals surface area (Å²) in [6.45, 7) is 2.98. The Morgan fingerprint density at radius 2 is 1.69 bits per heavy atom. The summed E-state index contributed by atoms with van der Waals surface area (Å²) in [5.41, 5.74) is 1.26. The van der Waals surface area contributed by atoms with Crippen LogP contribution < -0.4 is 15.4 Å². The van der Waals surface area contributed by atoms with Gasteiger partial charge in [-0.2, -0.15) is 0 Å². The van der Waals surface area contributed by atoms with Crippen LogP contribution in [0.2, 0.25) is 0 Å². The lowest BCUT2D eigenvalue weighted by Gasteiger charge is -2.33. The molecular formula is C24H30N4O7S. The van der Waals surface area contributed by atoms with Crippen LogP contribution in [0.15, 0.2) is 53.4 Å². The minimum absolute atomic E-state index is 0.164. The van der Waals surface area contributed by atoms with Crippen molar-refractivity contribution in [1.29, 1.82) is 0 Å². The molecule has 11 nitrogen and oxygen atoms in total. The highest BCUT2D eigenvalue weighted by atomic mass is 32.2. The third-order valence-corrected chi connectivity index (χ3v) is 7.45. The average molecular weight is 519 g/mol. The minimum Gasteiger partial charge on any atom is -0.480 e. The van der Waals surface area contributed by atoms with Crippen LogP contribution in [0, 0.1) is 6.92 Å². The molecule has 2 aromatic rings. The maximum absolute atomic E-state index is 13.6. The largest absolute Gasteiger partial charge is 0.480 e. The Balaban J connectivity index is 1.96. The van der Waals surface area contributed by atoms with Crippen LogP contribution in [-0.2, 0) is 26.0 Å². The van der Waals surface area contributed by atoms with Gasteiger partial charge in [-0.15, -0.1) is 0 Å². The van der Waals surface area contributed by atoms with Crippen molar-refractivity contribution in [2.45, 2.75) is 30.3 Å². The van der Waals surface area contributed by atoms with Crippen molar-refractivity contribution in [3.05, 3.63) is 59.7 Å². The monoisotopic (exact) mass is 518 g/mol. The second-order valence-electron chi connectivity index (χ2n) is 8.63. The molecule has 2 aromatic carbocycles. The summed E-state index contributed by atoms with van der Waals surface area (Å²) in [6, 6.07) is 9.25. The summed E-state index contributed by atoms with van der Waals surface area (Å²) in [4.78, 5) is 38.7. The zero-order valence-corrected chi connectivity index (χ0v) is 21.1. The summed E-state index contributed by atoms with van der Waals surface area (Å²) in [6.07, 6.45) is -0.866. The third-order valence-electron chi connectivity index (χ3n) is 5.62. The van der Waals surface area contributed by atoms with E-state index >= 15 is 0 Å². The van der Waals surface area contributed by atoms with E-state index in [1.54, 1.807) is 19.1 Å². The van der Waals surface area contributed by atoms with Gasteiger partial charge in [-0.1, -0.05) is 29.8 Å². The molecule has 0 bridgehead atoms. The van der Waals surface area contributed by atoms with E-state index in [1.807, 2.05) is 0 Å². The summed E-state index contributed by atoms with van der Waals surface area (Å²) in [7, 11) is -1.44. The van der Waals surface area contributed by atoms with Gasteiger partial charge in [0.05, 0.1) is 4.90 Å². The van der Waals surface area contributed by atoms with E-state index in [4.69, 9.17) is 4.74 Å². The van der Waals surface area contributed by atoms with Gasteiger partial charge in [0, 0.05) is 40.2 Å². The first-order valence-corrected chi connectivity index (χ1v) is 12.7. The van der Waals surface area contributed by atoms with E-state index in [9.17, 15) is 27.9 Å². The van der Waals surface area contributed by atoms with Crippen LogP contribution in [0.5, 0.6) is 5.75 Å². The molecule has 1 aliphatic rings. The SMILES string of the molecule is Cc1ccc(S(=O)(=O)N(C(=O)C2CNCCN2)[C@@H](Cc2ccc(OC(=O)N(C)C)cc2)C(=O)O)cc1. The molecule has 1 aliphatic heterocycles. The van der Waals surface area contributed by atoms with Gasteiger partial charge in [0.2, 0.25) is 0 Å². The van der Waals surface area contributed by atoms with Gasteiger partial charge in [-0.3, -0.25) is 4.79 Å². The molecule has 0 radical (unpaired) electrons. The number of aliphatic carboxylic acids is 1.